The Morgan fingerprint density at radius 2 is 2.26 bits per heavy atom. The zero-order valence-corrected chi connectivity index (χ0v) is 12.3. The molecule has 0 bridgehead atoms. The Bertz CT molecular complexity index is 482. The fourth-order valence-electron chi connectivity index (χ4n) is 1.86. The normalized spacial score (nSPS) is 14.9. The van der Waals surface area contributed by atoms with Crippen molar-refractivity contribution in [3.8, 4) is 0 Å². The second-order valence-corrected chi connectivity index (χ2v) is 5.74. The lowest BCUT2D eigenvalue weighted by atomic mass is 10.3. The maximum atomic E-state index is 12.0. The molecule has 1 saturated carbocycles. The van der Waals surface area contributed by atoms with Crippen molar-refractivity contribution >= 4 is 17.3 Å². The molecule has 19 heavy (non-hydrogen) atoms. The fraction of sp³-hybridized carbons (Fsp3) is 0.692. The van der Waals surface area contributed by atoms with Gasteiger partial charge in [-0.05, 0) is 26.4 Å². The average Bonchev–Trinajstić information content (AvgIpc) is 3.17. The van der Waals surface area contributed by atoms with Crippen LogP contribution in [0.5, 0.6) is 0 Å². The molecule has 1 aliphatic carbocycles. The molecule has 0 amide bonds. The predicted molar refractivity (Wildman–Crippen MR) is 77.9 cm³/mol. The lowest BCUT2D eigenvalue weighted by molar-refractivity contribution is 0.367. The van der Waals surface area contributed by atoms with Gasteiger partial charge < -0.3 is 10.2 Å². The predicted octanol–water partition coefficient (Wildman–Crippen LogP) is 1.67. The van der Waals surface area contributed by atoms with E-state index >= 15 is 0 Å². The number of halogens is 1. The van der Waals surface area contributed by atoms with Crippen LogP contribution in [0.1, 0.15) is 19.3 Å². The summed E-state index contributed by atoms with van der Waals surface area (Å²) in [5.41, 5.74) is 0.424. The molecule has 1 aromatic heterocycles. The number of likely N-dealkylation sites (N-methyl/N-ethyl adjacent to an activating group) is 1. The van der Waals surface area contributed by atoms with Crippen molar-refractivity contribution in [2.45, 2.75) is 25.8 Å². The van der Waals surface area contributed by atoms with Gasteiger partial charge in [0.1, 0.15) is 5.02 Å². The SMILES string of the molecule is CN(C)CCn1ncc(NCCC2CC2)c(Cl)c1=O. The number of aromatic nitrogens is 2. The third-order valence-corrected chi connectivity index (χ3v) is 3.67. The van der Waals surface area contributed by atoms with Crippen LogP contribution < -0.4 is 10.9 Å². The minimum atomic E-state index is -0.222. The van der Waals surface area contributed by atoms with Gasteiger partial charge in [0.2, 0.25) is 0 Å². The maximum absolute atomic E-state index is 12.0. The topological polar surface area (TPSA) is 50.2 Å². The minimum Gasteiger partial charge on any atom is -0.382 e. The van der Waals surface area contributed by atoms with E-state index in [0.717, 1.165) is 25.4 Å². The van der Waals surface area contributed by atoms with Gasteiger partial charge in [-0.25, -0.2) is 4.68 Å². The molecule has 1 aliphatic rings. The molecule has 106 valence electrons. The molecule has 0 atom stereocenters. The van der Waals surface area contributed by atoms with Crippen molar-refractivity contribution in [1.29, 1.82) is 0 Å². The van der Waals surface area contributed by atoms with Crippen LogP contribution in [-0.2, 0) is 6.54 Å². The van der Waals surface area contributed by atoms with Crippen LogP contribution in [0, 0.1) is 5.92 Å². The molecule has 1 aromatic rings. The van der Waals surface area contributed by atoms with Crippen molar-refractivity contribution in [2.75, 3.05) is 32.5 Å². The second-order valence-electron chi connectivity index (χ2n) is 5.36. The lowest BCUT2D eigenvalue weighted by Gasteiger charge is -2.12. The molecule has 0 saturated heterocycles. The number of hydrogen-bond acceptors (Lipinski definition) is 4. The molecular weight excluding hydrogens is 264 g/mol. The third-order valence-electron chi connectivity index (χ3n) is 3.31. The van der Waals surface area contributed by atoms with Crippen molar-refractivity contribution < 1.29 is 0 Å². The average molecular weight is 285 g/mol. The summed E-state index contributed by atoms with van der Waals surface area (Å²) in [4.78, 5) is 14.0. The monoisotopic (exact) mass is 284 g/mol. The minimum absolute atomic E-state index is 0.222. The third kappa shape index (κ3) is 4.21. The highest BCUT2D eigenvalue weighted by Gasteiger charge is 2.20. The molecule has 5 nitrogen and oxygen atoms in total. The molecule has 0 unspecified atom stereocenters. The molecule has 0 radical (unpaired) electrons. The van der Waals surface area contributed by atoms with Crippen LogP contribution in [0.3, 0.4) is 0 Å². The van der Waals surface area contributed by atoms with Crippen LogP contribution in [0.2, 0.25) is 5.02 Å². The van der Waals surface area contributed by atoms with Crippen LogP contribution in [0.4, 0.5) is 5.69 Å². The fourth-order valence-corrected chi connectivity index (χ4v) is 2.07. The number of nitrogens with one attached hydrogen (secondary N) is 1. The lowest BCUT2D eigenvalue weighted by Crippen LogP contribution is -2.29. The highest BCUT2D eigenvalue weighted by Crippen LogP contribution is 2.32. The molecule has 1 N–H and O–H groups in total. The van der Waals surface area contributed by atoms with Crippen molar-refractivity contribution in [2.24, 2.45) is 5.92 Å². The van der Waals surface area contributed by atoms with Gasteiger partial charge in [-0.3, -0.25) is 4.79 Å². The van der Waals surface area contributed by atoms with E-state index in [4.69, 9.17) is 11.6 Å². The number of anilines is 1. The summed E-state index contributed by atoms with van der Waals surface area (Å²) in [7, 11) is 3.92. The number of rotatable bonds is 7. The highest BCUT2D eigenvalue weighted by atomic mass is 35.5. The van der Waals surface area contributed by atoms with E-state index in [1.807, 2.05) is 19.0 Å². The van der Waals surface area contributed by atoms with Crippen molar-refractivity contribution in [3.63, 3.8) is 0 Å². The van der Waals surface area contributed by atoms with Gasteiger partial charge in [-0.2, -0.15) is 5.10 Å². The summed E-state index contributed by atoms with van der Waals surface area (Å²) in [6, 6.07) is 0. The number of hydrogen-bond donors (Lipinski definition) is 1. The number of nitrogens with zero attached hydrogens (tertiary/aromatic N) is 3. The van der Waals surface area contributed by atoms with Crippen LogP contribution in [0.25, 0.3) is 0 Å². The van der Waals surface area contributed by atoms with E-state index in [2.05, 4.69) is 10.4 Å². The van der Waals surface area contributed by atoms with Gasteiger partial charge in [0.25, 0.3) is 5.56 Å². The highest BCUT2D eigenvalue weighted by molar-refractivity contribution is 6.32. The van der Waals surface area contributed by atoms with Gasteiger partial charge >= 0.3 is 0 Å². The first-order valence-corrected chi connectivity index (χ1v) is 7.10. The molecular formula is C13H21ClN4O. The Labute approximate surface area is 118 Å². The summed E-state index contributed by atoms with van der Waals surface area (Å²) < 4.78 is 1.41. The maximum Gasteiger partial charge on any atom is 0.287 e. The van der Waals surface area contributed by atoms with E-state index in [1.54, 1.807) is 6.20 Å². The van der Waals surface area contributed by atoms with E-state index in [-0.39, 0.29) is 10.6 Å². The van der Waals surface area contributed by atoms with Gasteiger partial charge in [0.15, 0.2) is 0 Å². The summed E-state index contributed by atoms with van der Waals surface area (Å²) >= 11 is 6.10. The summed E-state index contributed by atoms with van der Waals surface area (Å²) in [6.45, 7) is 2.17. The smallest absolute Gasteiger partial charge is 0.287 e. The molecule has 0 aliphatic heterocycles. The van der Waals surface area contributed by atoms with E-state index in [9.17, 15) is 4.79 Å². The second kappa shape index (κ2) is 6.39. The largest absolute Gasteiger partial charge is 0.382 e. The van der Waals surface area contributed by atoms with Gasteiger partial charge in [0, 0.05) is 13.1 Å². The van der Waals surface area contributed by atoms with E-state index in [0.29, 0.717) is 12.2 Å². The Hall–Kier alpha value is -1.07. The summed E-state index contributed by atoms with van der Waals surface area (Å²) in [6.07, 6.45) is 5.45. The molecule has 2 rings (SSSR count). The Kier molecular flexibility index (Phi) is 4.82. The van der Waals surface area contributed by atoms with Crippen LogP contribution >= 0.6 is 11.6 Å². The zero-order valence-electron chi connectivity index (χ0n) is 11.5. The standard InChI is InChI=1S/C13H21ClN4O/c1-17(2)7-8-18-13(19)12(14)11(9-16-18)15-6-5-10-3-4-10/h9-10,15H,3-8H2,1-2H3. The quantitative estimate of drug-likeness (QED) is 0.827. The van der Waals surface area contributed by atoms with Gasteiger partial charge in [-0.1, -0.05) is 24.4 Å². The molecule has 6 heteroatoms. The Morgan fingerprint density at radius 1 is 1.53 bits per heavy atom. The first-order chi connectivity index (χ1) is 9.08. The van der Waals surface area contributed by atoms with E-state index < -0.39 is 0 Å². The molecule has 0 spiro atoms. The summed E-state index contributed by atoms with van der Waals surface area (Å²) in [5.74, 6) is 0.861. The first kappa shape index (κ1) is 14.3. The first-order valence-electron chi connectivity index (χ1n) is 6.72. The molecule has 0 aromatic carbocycles. The van der Waals surface area contributed by atoms with Crippen LogP contribution in [-0.4, -0.2) is 41.9 Å². The Morgan fingerprint density at radius 3 is 2.89 bits per heavy atom. The van der Waals surface area contributed by atoms with Gasteiger partial charge in [-0.15, -0.1) is 0 Å². The van der Waals surface area contributed by atoms with Crippen molar-refractivity contribution in [1.82, 2.24) is 14.7 Å². The summed E-state index contributed by atoms with van der Waals surface area (Å²) in [5, 5.41) is 7.59. The molecule has 1 heterocycles. The zero-order chi connectivity index (χ0) is 13.8. The molecule has 1 fully saturated rings. The van der Waals surface area contributed by atoms with Crippen LogP contribution in [0.15, 0.2) is 11.0 Å². The van der Waals surface area contributed by atoms with Gasteiger partial charge in [0.05, 0.1) is 18.4 Å². The van der Waals surface area contributed by atoms with E-state index in [1.165, 1.54) is 17.5 Å². The van der Waals surface area contributed by atoms with Crippen molar-refractivity contribution in [3.05, 3.63) is 21.6 Å². The Balaban J connectivity index is 1.96.